The van der Waals surface area contributed by atoms with E-state index in [-0.39, 0.29) is 5.82 Å². The number of aryl methyl sites for hydroxylation is 2. The number of hydrogen-bond acceptors (Lipinski definition) is 2. The van der Waals surface area contributed by atoms with E-state index >= 15 is 0 Å². The number of nitrogens with zero attached hydrogens (tertiary/aromatic N) is 1. The molecule has 2 nitrogen and oxygen atoms in total. The van der Waals surface area contributed by atoms with Crippen molar-refractivity contribution in [3.8, 4) is 11.3 Å². The second-order valence-electron chi connectivity index (χ2n) is 3.71. The van der Waals surface area contributed by atoms with Crippen LogP contribution in [0, 0.1) is 24.4 Å². The summed E-state index contributed by atoms with van der Waals surface area (Å²) in [6, 6.07) is 6.54. The maximum Gasteiger partial charge on any atom is 0.197 e. The summed E-state index contributed by atoms with van der Waals surface area (Å²) in [7, 11) is 0. The largest absolute Gasteiger partial charge is 0.335 e. The van der Waals surface area contributed by atoms with Gasteiger partial charge in [0.1, 0.15) is 5.82 Å². The molecule has 0 aliphatic heterocycles. The van der Waals surface area contributed by atoms with Gasteiger partial charge in [-0.3, -0.25) is 0 Å². The molecule has 1 aromatic heterocycles. The summed E-state index contributed by atoms with van der Waals surface area (Å²) in [4.78, 5) is 7.17. The van der Waals surface area contributed by atoms with Gasteiger partial charge in [0.05, 0.1) is 5.69 Å². The molecular formula is C12H11FN2S. The summed E-state index contributed by atoms with van der Waals surface area (Å²) >= 11 is 5.02. The molecule has 0 spiro atoms. The van der Waals surface area contributed by atoms with E-state index in [2.05, 4.69) is 9.97 Å². The van der Waals surface area contributed by atoms with Gasteiger partial charge in [-0.05, 0) is 55.9 Å². The lowest BCUT2D eigenvalue weighted by atomic mass is 10.1. The van der Waals surface area contributed by atoms with E-state index in [1.807, 2.05) is 19.9 Å². The average molecular weight is 234 g/mol. The molecule has 16 heavy (non-hydrogen) atoms. The molecular weight excluding hydrogens is 223 g/mol. The molecule has 1 N–H and O–H groups in total. The summed E-state index contributed by atoms with van der Waals surface area (Å²) in [6.45, 7) is 3.77. The van der Waals surface area contributed by atoms with E-state index in [1.54, 1.807) is 6.07 Å². The average Bonchev–Trinajstić information content (AvgIpc) is 2.15. The van der Waals surface area contributed by atoms with Gasteiger partial charge in [-0.15, -0.1) is 0 Å². The van der Waals surface area contributed by atoms with Crippen LogP contribution in [0.4, 0.5) is 4.39 Å². The fourth-order valence-electron chi connectivity index (χ4n) is 1.63. The molecule has 0 aliphatic rings. The fraction of sp³-hybridized carbons (Fsp3) is 0.167. The van der Waals surface area contributed by atoms with E-state index < -0.39 is 0 Å². The van der Waals surface area contributed by atoms with Gasteiger partial charge in [-0.25, -0.2) is 9.37 Å². The van der Waals surface area contributed by atoms with Crippen molar-refractivity contribution in [2.45, 2.75) is 13.8 Å². The minimum absolute atomic E-state index is 0.237. The SMILES string of the molecule is Cc1cc(-c2ccc(F)cc2C)nc(=S)[nH]1. The maximum absolute atomic E-state index is 13.0. The molecule has 0 saturated carbocycles. The van der Waals surface area contributed by atoms with Crippen LogP contribution in [-0.2, 0) is 0 Å². The Labute approximate surface area is 98.2 Å². The van der Waals surface area contributed by atoms with Crippen molar-refractivity contribution in [2.24, 2.45) is 0 Å². The van der Waals surface area contributed by atoms with Crippen LogP contribution in [0.3, 0.4) is 0 Å². The first-order valence-corrected chi connectivity index (χ1v) is 5.31. The van der Waals surface area contributed by atoms with Gasteiger partial charge in [-0.2, -0.15) is 0 Å². The number of aromatic amines is 1. The monoisotopic (exact) mass is 234 g/mol. The summed E-state index contributed by atoms with van der Waals surface area (Å²) in [6.07, 6.45) is 0. The summed E-state index contributed by atoms with van der Waals surface area (Å²) in [5.74, 6) is -0.237. The molecule has 82 valence electrons. The molecule has 0 bridgehead atoms. The Balaban J connectivity index is 2.63. The van der Waals surface area contributed by atoms with E-state index in [0.717, 1.165) is 22.5 Å². The highest BCUT2D eigenvalue weighted by Gasteiger charge is 2.05. The highest BCUT2D eigenvalue weighted by atomic mass is 32.1. The predicted molar refractivity (Wildman–Crippen MR) is 64.3 cm³/mol. The molecule has 2 rings (SSSR count). The third-order valence-electron chi connectivity index (χ3n) is 2.34. The van der Waals surface area contributed by atoms with Crippen LogP contribution >= 0.6 is 12.2 Å². The Morgan fingerprint density at radius 3 is 2.62 bits per heavy atom. The van der Waals surface area contributed by atoms with Gasteiger partial charge < -0.3 is 4.98 Å². The molecule has 1 heterocycles. The standard InChI is InChI=1S/C12H11FN2S/c1-7-5-9(13)3-4-10(7)11-6-8(2)14-12(16)15-11/h3-6H,1-2H3,(H,14,15,16). The van der Waals surface area contributed by atoms with Gasteiger partial charge >= 0.3 is 0 Å². The Morgan fingerprint density at radius 1 is 1.25 bits per heavy atom. The highest BCUT2D eigenvalue weighted by Crippen LogP contribution is 2.22. The molecule has 0 saturated heterocycles. The molecule has 2 aromatic rings. The minimum Gasteiger partial charge on any atom is -0.335 e. The third kappa shape index (κ3) is 2.17. The van der Waals surface area contributed by atoms with Crippen molar-refractivity contribution in [2.75, 3.05) is 0 Å². The van der Waals surface area contributed by atoms with Gasteiger partial charge in [-0.1, -0.05) is 0 Å². The molecule has 0 radical (unpaired) electrons. The van der Waals surface area contributed by atoms with Crippen LogP contribution < -0.4 is 0 Å². The Morgan fingerprint density at radius 2 is 2.00 bits per heavy atom. The number of benzene rings is 1. The quantitative estimate of drug-likeness (QED) is 0.764. The molecule has 0 amide bonds. The van der Waals surface area contributed by atoms with E-state index in [9.17, 15) is 4.39 Å². The van der Waals surface area contributed by atoms with Crippen molar-refractivity contribution in [1.82, 2.24) is 9.97 Å². The van der Waals surface area contributed by atoms with Crippen molar-refractivity contribution < 1.29 is 4.39 Å². The summed E-state index contributed by atoms with van der Waals surface area (Å²) in [5.41, 5.74) is 3.48. The normalized spacial score (nSPS) is 10.4. The zero-order valence-electron chi connectivity index (χ0n) is 9.04. The lowest BCUT2D eigenvalue weighted by Crippen LogP contribution is -1.92. The molecule has 1 aromatic carbocycles. The first-order valence-electron chi connectivity index (χ1n) is 4.91. The summed E-state index contributed by atoms with van der Waals surface area (Å²) in [5, 5.41) is 0. The second kappa shape index (κ2) is 4.14. The highest BCUT2D eigenvalue weighted by molar-refractivity contribution is 7.71. The Hall–Kier alpha value is -1.55. The number of rotatable bonds is 1. The Bertz CT molecular complexity index is 590. The van der Waals surface area contributed by atoms with Gasteiger partial charge in [0.25, 0.3) is 0 Å². The van der Waals surface area contributed by atoms with Crippen LogP contribution in [-0.4, -0.2) is 9.97 Å². The maximum atomic E-state index is 13.0. The van der Waals surface area contributed by atoms with E-state index in [1.165, 1.54) is 12.1 Å². The summed E-state index contributed by atoms with van der Waals surface area (Å²) < 4.78 is 13.4. The van der Waals surface area contributed by atoms with Gasteiger partial charge in [0, 0.05) is 11.3 Å². The molecule has 0 unspecified atom stereocenters. The van der Waals surface area contributed by atoms with E-state index in [4.69, 9.17) is 12.2 Å². The van der Waals surface area contributed by atoms with Crippen LogP contribution in [0.2, 0.25) is 0 Å². The number of halogens is 1. The van der Waals surface area contributed by atoms with Crippen molar-refractivity contribution >= 4 is 12.2 Å². The van der Waals surface area contributed by atoms with Crippen molar-refractivity contribution in [3.05, 3.63) is 46.1 Å². The molecule has 4 heteroatoms. The molecule has 0 aliphatic carbocycles. The number of aromatic nitrogens is 2. The zero-order valence-corrected chi connectivity index (χ0v) is 9.86. The Kier molecular flexibility index (Phi) is 2.83. The predicted octanol–water partition coefficient (Wildman–Crippen LogP) is 3.56. The van der Waals surface area contributed by atoms with Crippen LogP contribution in [0.15, 0.2) is 24.3 Å². The molecule has 0 atom stereocenters. The lowest BCUT2D eigenvalue weighted by molar-refractivity contribution is 0.627. The van der Waals surface area contributed by atoms with Crippen LogP contribution in [0.5, 0.6) is 0 Å². The van der Waals surface area contributed by atoms with Crippen molar-refractivity contribution in [1.29, 1.82) is 0 Å². The number of nitrogens with one attached hydrogen (secondary N) is 1. The number of H-pyrrole nitrogens is 1. The van der Waals surface area contributed by atoms with Crippen molar-refractivity contribution in [3.63, 3.8) is 0 Å². The van der Waals surface area contributed by atoms with Gasteiger partial charge in [0.15, 0.2) is 4.77 Å². The number of hydrogen-bond donors (Lipinski definition) is 1. The van der Waals surface area contributed by atoms with Crippen LogP contribution in [0.25, 0.3) is 11.3 Å². The third-order valence-corrected chi connectivity index (χ3v) is 2.54. The first kappa shape index (κ1) is 11.0. The zero-order chi connectivity index (χ0) is 11.7. The van der Waals surface area contributed by atoms with E-state index in [0.29, 0.717) is 4.77 Å². The minimum atomic E-state index is -0.237. The van der Waals surface area contributed by atoms with Crippen LogP contribution in [0.1, 0.15) is 11.3 Å². The second-order valence-corrected chi connectivity index (χ2v) is 4.10. The fourth-order valence-corrected chi connectivity index (χ4v) is 1.89. The first-order chi connectivity index (χ1) is 7.56. The van der Waals surface area contributed by atoms with Gasteiger partial charge in [0.2, 0.25) is 0 Å². The lowest BCUT2D eigenvalue weighted by Gasteiger charge is -2.05. The smallest absolute Gasteiger partial charge is 0.197 e. The molecule has 0 fully saturated rings. The topological polar surface area (TPSA) is 28.7 Å².